The Morgan fingerprint density at radius 2 is 1.72 bits per heavy atom. The molecule has 1 saturated heterocycles. The monoisotopic (exact) mass is 377 g/mol. The minimum absolute atomic E-state index is 0.0941. The van der Waals surface area contributed by atoms with Crippen LogP contribution >= 0.6 is 23.2 Å². The number of aliphatic hydroxyl groups is 2. The lowest BCUT2D eigenvalue weighted by atomic mass is 9.95. The summed E-state index contributed by atoms with van der Waals surface area (Å²) in [4.78, 5) is 2.20. The van der Waals surface area contributed by atoms with Crippen molar-refractivity contribution in [3.8, 4) is 0 Å². The Labute approximate surface area is 157 Å². The molecular formula is C20H21Cl2NO2. The van der Waals surface area contributed by atoms with Crippen molar-refractivity contribution in [3.05, 3.63) is 69.7 Å². The molecule has 1 saturated carbocycles. The van der Waals surface area contributed by atoms with E-state index in [1.807, 2.05) is 36.4 Å². The third kappa shape index (κ3) is 2.79. The van der Waals surface area contributed by atoms with Crippen molar-refractivity contribution in [2.24, 2.45) is 11.3 Å². The van der Waals surface area contributed by atoms with E-state index in [9.17, 15) is 10.2 Å². The van der Waals surface area contributed by atoms with E-state index in [0.29, 0.717) is 23.1 Å². The standard InChI is InChI=1S/C20H21Cl2NO2/c21-16-7-4-8-17(22)14(16)9-23-10-18(25)20(12-23)15(11-24)19(20)13-5-2-1-3-6-13/h1-8,15,18-19,24-25H,9-12H2/t15-,18+,19-,20-/m1/s1. The van der Waals surface area contributed by atoms with Gasteiger partial charge in [0.1, 0.15) is 0 Å². The van der Waals surface area contributed by atoms with Crippen molar-refractivity contribution in [2.45, 2.75) is 18.6 Å². The lowest BCUT2D eigenvalue weighted by molar-refractivity contribution is 0.111. The van der Waals surface area contributed by atoms with Gasteiger partial charge in [0, 0.05) is 47.3 Å². The first-order chi connectivity index (χ1) is 12.1. The number of hydrogen-bond donors (Lipinski definition) is 2. The molecule has 1 aliphatic heterocycles. The van der Waals surface area contributed by atoms with Gasteiger partial charge >= 0.3 is 0 Å². The van der Waals surface area contributed by atoms with Crippen LogP contribution in [0.15, 0.2) is 48.5 Å². The van der Waals surface area contributed by atoms with Gasteiger partial charge in [-0.25, -0.2) is 0 Å². The van der Waals surface area contributed by atoms with E-state index in [1.54, 1.807) is 0 Å². The number of halogens is 2. The number of nitrogens with zero attached hydrogens (tertiary/aromatic N) is 1. The molecule has 4 atom stereocenters. The van der Waals surface area contributed by atoms with Gasteiger partial charge in [0.15, 0.2) is 0 Å². The van der Waals surface area contributed by atoms with Crippen LogP contribution in [0.4, 0.5) is 0 Å². The molecule has 25 heavy (non-hydrogen) atoms. The summed E-state index contributed by atoms with van der Waals surface area (Å²) in [6, 6.07) is 15.7. The summed E-state index contributed by atoms with van der Waals surface area (Å²) in [7, 11) is 0. The zero-order chi connectivity index (χ0) is 17.6. The summed E-state index contributed by atoms with van der Waals surface area (Å²) < 4.78 is 0. The second-order valence-corrected chi connectivity index (χ2v) is 7.99. The van der Waals surface area contributed by atoms with Gasteiger partial charge in [0.05, 0.1) is 6.10 Å². The molecule has 4 rings (SSSR count). The quantitative estimate of drug-likeness (QED) is 0.855. The molecular weight excluding hydrogens is 357 g/mol. The molecule has 0 bridgehead atoms. The summed E-state index contributed by atoms with van der Waals surface area (Å²) in [5.74, 6) is 0.289. The normalized spacial score (nSPS) is 31.6. The minimum Gasteiger partial charge on any atom is -0.396 e. The van der Waals surface area contributed by atoms with Gasteiger partial charge in [-0.1, -0.05) is 59.6 Å². The summed E-state index contributed by atoms with van der Waals surface area (Å²) >= 11 is 12.6. The second-order valence-electron chi connectivity index (χ2n) is 7.18. The first-order valence-corrected chi connectivity index (χ1v) is 9.32. The highest BCUT2D eigenvalue weighted by Crippen LogP contribution is 2.68. The minimum atomic E-state index is -0.462. The van der Waals surface area contributed by atoms with Crippen LogP contribution in [0.3, 0.4) is 0 Å². The topological polar surface area (TPSA) is 43.7 Å². The van der Waals surface area contributed by atoms with Crippen molar-refractivity contribution >= 4 is 23.2 Å². The van der Waals surface area contributed by atoms with Crippen LogP contribution in [0.2, 0.25) is 10.0 Å². The molecule has 0 radical (unpaired) electrons. The smallest absolute Gasteiger partial charge is 0.0745 e. The maximum Gasteiger partial charge on any atom is 0.0745 e. The highest BCUT2D eigenvalue weighted by atomic mass is 35.5. The van der Waals surface area contributed by atoms with Crippen LogP contribution in [-0.2, 0) is 6.54 Å². The third-order valence-corrected chi connectivity index (χ3v) is 6.62. The Morgan fingerprint density at radius 1 is 1.04 bits per heavy atom. The zero-order valence-electron chi connectivity index (χ0n) is 13.8. The molecule has 2 fully saturated rings. The van der Waals surface area contributed by atoms with Gasteiger partial charge in [-0.15, -0.1) is 0 Å². The van der Waals surface area contributed by atoms with E-state index >= 15 is 0 Å². The first-order valence-electron chi connectivity index (χ1n) is 8.57. The molecule has 2 aromatic rings. The molecule has 132 valence electrons. The van der Waals surface area contributed by atoms with Gasteiger partial charge in [-0.05, 0) is 29.5 Å². The maximum absolute atomic E-state index is 10.8. The Morgan fingerprint density at radius 3 is 2.36 bits per heavy atom. The van der Waals surface area contributed by atoms with Crippen LogP contribution in [0.1, 0.15) is 17.0 Å². The number of rotatable bonds is 4. The number of β-amino-alcohol motifs (C(OH)–C–C–N with tert-alkyl or cyclic N) is 1. The first kappa shape index (κ1) is 17.3. The molecule has 2 aromatic carbocycles. The Kier molecular flexibility index (Phi) is 4.55. The van der Waals surface area contributed by atoms with Crippen molar-refractivity contribution in [1.29, 1.82) is 0 Å². The highest BCUT2D eigenvalue weighted by molar-refractivity contribution is 6.35. The molecule has 1 spiro atoms. The van der Waals surface area contributed by atoms with Gasteiger partial charge in [-0.2, -0.15) is 0 Å². The van der Waals surface area contributed by atoms with Gasteiger partial charge in [0.2, 0.25) is 0 Å². The van der Waals surface area contributed by atoms with Crippen LogP contribution in [-0.4, -0.2) is 40.9 Å². The lowest BCUT2D eigenvalue weighted by Gasteiger charge is -2.18. The van der Waals surface area contributed by atoms with Gasteiger partial charge in [0.25, 0.3) is 0 Å². The maximum atomic E-state index is 10.8. The van der Waals surface area contributed by atoms with E-state index in [0.717, 1.165) is 12.1 Å². The number of likely N-dealkylation sites (tertiary alicyclic amines) is 1. The fraction of sp³-hybridized carbons (Fsp3) is 0.400. The summed E-state index contributed by atoms with van der Waals surface area (Å²) in [6.07, 6.45) is -0.462. The molecule has 0 amide bonds. The molecule has 5 heteroatoms. The van der Waals surface area contributed by atoms with E-state index < -0.39 is 6.10 Å². The van der Waals surface area contributed by atoms with E-state index in [4.69, 9.17) is 23.2 Å². The number of benzene rings is 2. The Balaban J connectivity index is 1.57. The Hall–Kier alpha value is -1.10. The Bertz CT molecular complexity index is 749. The average molecular weight is 378 g/mol. The molecule has 1 heterocycles. The largest absolute Gasteiger partial charge is 0.396 e. The lowest BCUT2D eigenvalue weighted by Crippen LogP contribution is -2.23. The van der Waals surface area contributed by atoms with Crippen LogP contribution in [0, 0.1) is 11.3 Å². The third-order valence-electron chi connectivity index (χ3n) is 5.91. The SMILES string of the molecule is OC[C@@H]1[C@@H](c2ccccc2)[C@]12CN(Cc1c(Cl)cccc1Cl)C[C@@H]2O. The second kappa shape index (κ2) is 6.57. The number of hydrogen-bond acceptors (Lipinski definition) is 3. The molecule has 2 N–H and O–H groups in total. The van der Waals surface area contributed by atoms with Crippen molar-refractivity contribution < 1.29 is 10.2 Å². The van der Waals surface area contributed by atoms with Crippen LogP contribution in [0.25, 0.3) is 0 Å². The van der Waals surface area contributed by atoms with Crippen molar-refractivity contribution in [2.75, 3.05) is 19.7 Å². The van der Waals surface area contributed by atoms with Crippen molar-refractivity contribution in [1.82, 2.24) is 4.90 Å². The molecule has 0 unspecified atom stereocenters. The predicted molar refractivity (Wildman–Crippen MR) is 99.9 cm³/mol. The summed E-state index contributed by atoms with van der Waals surface area (Å²) in [6.45, 7) is 2.01. The highest BCUT2D eigenvalue weighted by Gasteiger charge is 2.70. The summed E-state index contributed by atoms with van der Waals surface area (Å²) in [5.41, 5.74) is 1.81. The van der Waals surface area contributed by atoms with Crippen LogP contribution in [0.5, 0.6) is 0 Å². The van der Waals surface area contributed by atoms with E-state index in [-0.39, 0.29) is 23.9 Å². The van der Waals surface area contributed by atoms with Gasteiger partial charge in [-0.3, -0.25) is 4.90 Å². The van der Waals surface area contributed by atoms with Crippen LogP contribution < -0.4 is 0 Å². The average Bonchev–Trinajstić information content (AvgIpc) is 3.15. The fourth-order valence-corrected chi connectivity index (χ4v) is 5.21. The molecule has 1 aliphatic carbocycles. The van der Waals surface area contributed by atoms with E-state index in [1.165, 1.54) is 5.56 Å². The van der Waals surface area contributed by atoms with Crippen molar-refractivity contribution in [3.63, 3.8) is 0 Å². The van der Waals surface area contributed by atoms with E-state index in [2.05, 4.69) is 17.0 Å². The predicted octanol–water partition coefficient (Wildman–Crippen LogP) is 3.56. The van der Waals surface area contributed by atoms with Gasteiger partial charge < -0.3 is 10.2 Å². The molecule has 2 aliphatic rings. The molecule has 0 aromatic heterocycles. The summed E-state index contributed by atoms with van der Waals surface area (Å²) in [5, 5.41) is 22.0. The fourth-order valence-electron chi connectivity index (χ4n) is 4.69. The number of aliphatic hydroxyl groups excluding tert-OH is 2. The molecule has 3 nitrogen and oxygen atoms in total. The zero-order valence-corrected chi connectivity index (χ0v) is 15.3.